The highest BCUT2D eigenvalue weighted by Crippen LogP contribution is 2.32. The smallest absolute Gasteiger partial charge is 0.311 e. The molecular weight excluding hydrogens is 268 g/mol. The molecule has 0 radical (unpaired) electrons. The summed E-state index contributed by atoms with van der Waals surface area (Å²) in [6.45, 7) is 7.92. The third-order valence-corrected chi connectivity index (χ3v) is 2.99. The lowest BCUT2D eigenvalue weighted by molar-refractivity contribution is -0.137. The van der Waals surface area contributed by atoms with Gasteiger partial charge in [-0.25, -0.2) is 0 Å². The van der Waals surface area contributed by atoms with Crippen LogP contribution in [0, 0.1) is 0 Å². The third-order valence-electron chi connectivity index (χ3n) is 2.99. The third kappa shape index (κ3) is 5.58. The second-order valence-electron chi connectivity index (χ2n) is 5.31. The fourth-order valence-electron chi connectivity index (χ4n) is 1.80. The van der Waals surface area contributed by atoms with Crippen molar-refractivity contribution in [2.75, 3.05) is 0 Å². The van der Waals surface area contributed by atoms with Crippen LogP contribution in [-0.2, 0) is 9.59 Å². The van der Waals surface area contributed by atoms with E-state index in [1.807, 2.05) is 19.9 Å². The first kappa shape index (κ1) is 17.2. The summed E-state index contributed by atoms with van der Waals surface area (Å²) >= 11 is 0. The number of esters is 2. The molecule has 0 fully saturated rings. The Balaban J connectivity index is 2.99. The van der Waals surface area contributed by atoms with Crippen molar-refractivity contribution in [2.24, 2.45) is 0 Å². The van der Waals surface area contributed by atoms with Crippen LogP contribution in [0.25, 0.3) is 0 Å². The van der Waals surface area contributed by atoms with Crippen molar-refractivity contribution in [3.8, 4) is 11.5 Å². The van der Waals surface area contributed by atoms with Crippen LogP contribution < -0.4 is 9.47 Å². The minimum absolute atomic E-state index is 0.300. The van der Waals surface area contributed by atoms with E-state index in [1.54, 1.807) is 12.1 Å². The van der Waals surface area contributed by atoms with Crippen molar-refractivity contribution < 1.29 is 19.1 Å². The van der Waals surface area contributed by atoms with Gasteiger partial charge in [0.15, 0.2) is 11.5 Å². The lowest BCUT2D eigenvalue weighted by Gasteiger charge is -2.13. The summed E-state index contributed by atoms with van der Waals surface area (Å²) in [4.78, 5) is 23.3. The normalized spacial score (nSPS) is 10.5. The SMILES string of the molecule is CCCC(=O)Oc1ccc(C(C)C)cc1OC(=O)CCC. The zero-order valence-electron chi connectivity index (χ0n) is 13.3. The molecule has 4 heteroatoms. The number of carbonyl (C=O) groups excluding carboxylic acids is 2. The Labute approximate surface area is 126 Å². The number of rotatable bonds is 7. The van der Waals surface area contributed by atoms with Crippen LogP contribution in [0.5, 0.6) is 11.5 Å². The summed E-state index contributed by atoms with van der Waals surface area (Å²) in [5.41, 5.74) is 1.03. The molecule has 1 aromatic rings. The lowest BCUT2D eigenvalue weighted by Crippen LogP contribution is -2.12. The van der Waals surface area contributed by atoms with Gasteiger partial charge in [0.05, 0.1) is 0 Å². The maximum Gasteiger partial charge on any atom is 0.311 e. The number of hydrogen-bond donors (Lipinski definition) is 0. The second kappa shape index (κ2) is 8.45. The Bertz CT molecular complexity index is 492. The first-order chi connectivity index (χ1) is 9.97. The van der Waals surface area contributed by atoms with Crippen molar-refractivity contribution in [3.05, 3.63) is 23.8 Å². The highest BCUT2D eigenvalue weighted by atomic mass is 16.6. The van der Waals surface area contributed by atoms with E-state index in [0.717, 1.165) is 5.56 Å². The van der Waals surface area contributed by atoms with E-state index in [0.29, 0.717) is 43.1 Å². The van der Waals surface area contributed by atoms with Gasteiger partial charge in [0.2, 0.25) is 0 Å². The van der Waals surface area contributed by atoms with Gasteiger partial charge in [-0.05, 0) is 36.5 Å². The highest BCUT2D eigenvalue weighted by molar-refractivity contribution is 5.76. The van der Waals surface area contributed by atoms with Crippen LogP contribution in [0.3, 0.4) is 0 Å². The van der Waals surface area contributed by atoms with Gasteiger partial charge in [-0.3, -0.25) is 9.59 Å². The lowest BCUT2D eigenvalue weighted by atomic mass is 10.0. The van der Waals surface area contributed by atoms with Crippen LogP contribution in [0.2, 0.25) is 0 Å². The summed E-state index contributed by atoms with van der Waals surface area (Å²) < 4.78 is 10.6. The first-order valence-electron chi connectivity index (χ1n) is 7.53. The monoisotopic (exact) mass is 292 g/mol. The molecule has 1 aromatic carbocycles. The molecule has 0 saturated heterocycles. The number of benzene rings is 1. The summed E-state index contributed by atoms with van der Waals surface area (Å²) in [6.07, 6.45) is 2.12. The van der Waals surface area contributed by atoms with E-state index >= 15 is 0 Å². The van der Waals surface area contributed by atoms with Crippen molar-refractivity contribution in [1.29, 1.82) is 0 Å². The molecule has 0 aliphatic carbocycles. The van der Waals surface area contributed by atoms with E-state index < -0.39 is 0 Å². The fourth-order valence-corrected chi connectivity index (χ4v) is 1.80. The van der Waals surface area contributed by atoms with Crippen molar-refractivity contribution in [2.45, 2.75) is 59.3 Å². The standard InChI is InChI=1S/C17H24O4/c1-5-7-16(18)20-14-10-9-13(12(3)4)11-15(14)21-17(19)8-6-2/h9-12H,5-8H2,1-4H3. The Morgan fingerprint density at radius 1 is 0.952 bits per heavy atom. The average molecular weight is 292 g/mol. The quantitative estimate of drug-likeness (QED) is 0.557. The van der Waals surface area contributed by atoms with Gasteiger partial charge >= 0.3 is 11.9 Å². The molecule has 0 atom stereocenters. The van der Waals surface area contributed by atoms with Crippen LogP contribution in [0.4, 0.5) is 0 Å². The predicted molar refractivity (Wildman–Crippen MR) is 81.6 cm³/mol. The number of carbonyl (C=O) groups is 2. The predicted octanol–water partition coefficient (Wildman–Crippen LogP) is 4.22. The molecule has 0 saturated carbocycles. The Morgan fingerprint density at radius 2 is 1.48 bits per heavy atom. The molecule has 21 heavy (non-hydrogen) atoms. The van der Waals surface area contributed by atoms with E-state index in [9.17, 15) is 9.59 Å². The molecule has 1 rings (SSSR count). The molecule has 0 bridgehead atoms. The summed E-state index contributed by atoms with van der Waals surface area (Å²) in [5.74, 6) is 0.300. The minimum Gasteiger partial charge on any atom is -0.423 e. The largest absolute Gasteiger partial charge is 0.423 e. The summed E-state index contributed by atoms with van der Waals surface area (Å²) in [6, 6.07) is 5.35. The molecule has 0 unspecified atom stereocenters. The van der Waals surface area contributed by atoms with Gasteiger partial charge in [-0.15, -0.1) is 0 Å². The number of ether oxygens (including phenoxy) is 2. The van der Waals surface area contributed by atoms with Gasteiger partial charge in [0, 0.05) is 12.8 Å². The maximum atomic E-state index is 11.7. The Kier molecular flexibility index (Phi) is 6.92. The second-order valence-corrected chi connectivity index (χ2v) is 5.31. The summed E-state index contributed by atoms with van der Waals surface area (Å²) in [7, 11) is 0. The van der Waals surface area contributed by atoms with Gasteiger partial charge in [0.25, 0.3) is 0 Å². The van der Waals surface area contributed by atoms with E-state index in [-0.39, 0.29) is 11.9 Å². The topological polar surface area (TPSA) is 52.6 Å². The molecule has 0 aliphatic heterocycles. The zero-order valence-corrected chi connectivity index (χ0v) is 13.3. The summed E-state index contributed by atoms with van der Waals surface area (Å²) in [5, 5.41) is 0. The molecule has 4 nitrogen and oxygen atoms in total. The molecule has 116 valence electrons. The molecule has 0 heterocycles. The minimum atomic E-state index is -0.317. The van der Waals surface area contributed by atoms with Gasteiger partial charge in [-0.2, -0.15) is 0 Å². The maximum absolute atomic E-state index is 11.7. The van der Waals surface area contributed by atoms with E-state index in [2.05, 4.69) is 13.8 Å². The van der Waals surface area contributed by atoms with Crippen LogP contribution >= 0.6 is 0 Å². The molecule has 0 N–H and O–H groups in total. The van der Waals surface area contributed by atoms with E-state index in [1.165, 1.54) is 0 Å². The average Bonchev–Trinajstić information content (AvgIpc) is 2.41. The van der Waals surface area contributed by atoms with Crippen molar-refractivity contribution >= 4 is 11.9 Å². The Hall–Kier alpha value is -1.84. The number of hydrogen-bond acceptors (Lipinski definition) is 4. The van der Waals surface area contributed by atoms with Crippen LogP contribution in [-0.4, -0.2) is 11.9 Å². The van der Waals surface area contributed by atoms with Gasteiger partial charge < -0.3 is 9.47 Å². The first-order valence-corrected chi connectivity index (χ1v) is 7.53. The fraction of sp³-hybridized carbons (Fsp3) is 0.529. The zero-order chi connectivity index (χ0) is 15.8. The molecule has 0 aromatic heterocycles. The van der Waals surface area contributed by atoms with Gasteiger partial charge in [-0.1, -0.05) is 33.8 Å². The van der Waals surface area contributed by atoms with Crippen LogP contribution in [0.1, 0.15) is 64.9 Å². The Morgan fingerprint density at radius 3 is 1.95 bits per heavy atom. The van der Waals surface area contributed by atoms with Crippen LogP contribution in [0.15, 0.2) is 18.2 Å². The van der Waals surface area contributed by atoms with Gasteiger partial charge in [0.1, 0.15) is 0 Å². The molecule has 0 spiro atoms. The van der Waals surface area contributed by atoms with Crippen molar-refractivity contribution in [3.63, 3.8) is 0 Å². The van der Waals surface area contributed by atoms with E-state index in [4.69, 9.17) is 9.47 Å². The molecular formula is C17H24O4. The molecule has 0 amide bonds. The van der Waals surface area contributed by atoms with Crippen molar-refractivity contribution in [1.82, 2.24) is 0 Å². The molecule has 0 aliphatic rings. The highest BCUT2D eigenvalue weighted by Gasteiger charge is 2.15.